The highest BCUT2D eigenvalue weighted by atomic mass is 32.1. The van der Waals surface area contributed by atoms with Crippen LogP contribution in [0.25, 0.3) is 0 Å². The van der Waals surface area contributed by atoms with Crippen molar-refractivity contribution in [2.45, 2.75) is 32.6 Å². The lowest BCUT2D eigenvalue weighted by atomic mass is 10.2. The van der Waals surface area contributed by atoms with E-state index in [0.717, 1.165) is 31.4 Å². The molecule has 0 spiro atoms. The van der Waals surface area contributed by atoms with Crippen LogP contribution in [0.5, 0.6) is 0 Å². The summed E-state index contributed by atoms with van der Waals surface area (Å²) in [7, 11) is 0. The average Bonchev–Trinajstić information content (AvgIpc) is 2.38. The molecule has 0 atom stereocenters. The van der Waals surface area contributed by atoms with Crippen molar-refractivity contribution in [3.8, 4) is 0 Å². The molecule has 0 aliphatic heterocycles. The molecule has 6 heteroatoms. The zero-order valence-corrected chi connectivity index (χ0v) is 12.3. The van der Waals surface area contributed by atoms with Crippen LogP contribution >= 0.6 is 12.6 Å². The minimum Gasteiger partial charge on any atom is -0.460 e. The van der Waals surface area contributed by atoms with Crippen LogP contribution < -0.4 is 5.32 Å². The predicted molar refractivity (Wildman–Crippen MR) is 77.4 cm³/mol. The van der Waals surface area contributed by atoms with E-state index in [2.05, 4.69) is 24.5 Å². The lowest BCUT2D eigenvalue weighted by Gasteiger charge is -2.07. The van der Waals surface area contributed by atoms with E-state index in [0.29, 0.717) is 12.2 Å². The first-order valence-corrected chi connectivity index (χ1v) is 7.05. The van der Waals surface area contributed by atoms with Crippen LogP contribution in [0.1, 0.15) is 32.6 Å². The monoisotopic (exact) mass is 289 g/mol. The smallest absolute Gasteiger partial charge is 0.407 e. The fourth-order valence-electron chi connectivity index (χ4n) is 1.20. The highest BCUT2D eigenvalue weighted by Gasteiger charge is 2.04. The Labute approximate surface area is 120 Å². The molecular weight excluding hydrogens is 266 g/mol. The maximum absolute atomic E-state index is 11.2. The normalized spacial score (nSPS) is 9.79. The third-order valence-corrected chi connectivity index (χ3v) is 2.55. The summed E-state index contributed by atoms with van der Waals surface area (Å²) in [6.45, 7) is 5.77. The number of nitrogens with one attached hydrogen (secondary N) is 1. The lowest BCUT2D eigenvalue weighted by Crippen LogP contribution is -2.29. The van der Waals surface area contributed by atoms with Gasteiger partial charge in [-0.05, 0) is 25.5 Å². The third kappa shape index (κ3) is 11.6. The quantitative estimate of drug-likeness (QED) is 0.280. The first-order valence-electron chi connectivity index (χ1n) is 6.42. The van der Waals surface area contributed by atoms with Crippen molar-refractivity contribution in [2.75, 3.05) is 25.5 Å². The summed E-state index contributed by atoms with van der Waals surface area (Å²) in [5, 5.41) is 2.50. The average molecular weight is 289 g/mol. The molecule has 0 saturated carbocycles. The van der Waals surface area contributed by atoms with Gasteiger partial charge in [-0.2, -0.15) is 12.6 Å². The van der Waals surface area contributed by atoms with Gasteiger partial charge in [0.05, 0.1) is 13.2 Å². The molecule has 0 bridgehead atoms. The number of rotatable bonds is 10. The zero-order valence-electron chi connectivity index (χ0n) is 11.4. The topological polar surface area (TPSA) is 64.6 Å². The van der Waals surface area contributed by atoms with Crippen molar-refractivity contribution in [3.05, 3.63) is 12.2 Å². The molecule has 0 rings (SSSR count). The van der Waals surface area contributed by atoms with Crippen molar-refractivity contribution in [1.82, 2.24) is 5.32 Å². The Morgan fingerprint density at radius 3 is 2.42 bits per heavy atom. The van der Waals surface area contributed by atoms with Gasteiger partial charge in [0.1, 0.15) is 6.61 Å². The van der Waals surface area contributed by atoms with Gasteiger partial charge < -0.3 is 14.8 Å². The molecule has 110 valence electrons. The van der Waals surface area contributed by atoms with E-state index in [1.54, 1.807) is 6.92 Å². The highest BCUT2D eigenvalue weighted by Crippen LogP contribution is 2.00. The van der Waals surface area contributed by atoms with Crippen LogP contribution in [-0.2, 0) is 14.3 Å². The summed E-state index contributed by atoms with van der Waals surface area (Å²) >= 11 is 4.12. The summed E-state index contributed by atoms with van der Waals surface area (Å²) in [6.07, 6.45) is 3.59. The Balaban J connectivity index is 3.35. The molecule has 0 saturated heterocycles. The van der Waals surface area contributed by atoms with E-state index < -0.39 is 12.1 Å². The molecule has 0 radical (unpaired) electrons. The highest BCUT2D eigenvalue weighted by molar-refractivity contribution is 7.80. The fourth-order valence-corrected chi connectivity index (χ4v) is 1.43. The molecule has 1 N–H and O–H groups in total. The minimum atomic E-state index is -0.486. The van der Waals surface area contributed by atoms with Gasteiger partial charge in [0.25, 0.3) is 0 Å². The summed E-state index contributed by atoms with van der Waals surface area (Å²) in [5.41, 5.74) is 0.337. The third-order valence-electron chi connectivity index (χ3n) is 2.24. The zero-order chi connectivity index (χ0) is 14.5. The molecule has 19 heavy (non-hydrogen) atoms. The van der Waals surface area contributed by atoms with Crippen LogP contribution in [-0.4, -0.2) is 37.6 Å². The van der Waals surface area contributed by atoms with Crippen LogP contribution in [0.2, 0.25) is 0 Å². The fraction of sp³-hybridized carbons (Fsp3) is 0.692. The first-order chi connectivity index (χ1) is 9.07. The Morgan fingerprint density at radius 1 is 1.11 bits per heavy atom. The summed E-state index contributed by atoms with van der Waals surface area (Å²) in [5.74, 6) is 0.434. The Kier molecular flexibility index (Phi) is 11.2. The number of hydrogen-bond donors (Lipinski definition) is 2. The van der Waals surface area contributed by atoms with Crippen molar-refractivity contribution in [2.24, 2.45) is 0 Å². The predicted octanol–water partition coefficient (Wildman–Crippen LogP) is 2.32. The van der Waals surface area contributed by atoms with Crippen molar-refractivity contribution >= 4 is 24.7 Å². The number of ether oxygens (including phenoxy) is 2. The van der Waals surface area contributed by atoms with Gasteiger partial charge in [-0.25, -0.2) is 9.59 Å². The first kappa shape index (κ1) is 17.8. The van der Waals surface area contributed by atoms with Crippen LogP contribution in [0.3, 0.4) is 0 Å². The number of carbonyl (C=O) groups is 2. The molecule has 0 fully saturated rings. The summed E-state index contributed by atoms with van der Waals surface area (Å²) in [4.78, 5) is 22.2. The molecule has 0 aromatic heterocycles. The molecule has 0 aliphatic rings. The maximum atomic E-state index is 11.2. The number of amides is 1. The van der Waals surface area contributed by atoms with E-state index in [9.17, 15) is 9.59 Å². The summed E-state index contributed by atoms with van der Waals surface area (Å²) < 4.78 is 9.76. The van der Waals surface area contributed by atoms with Gasteiger partial charge in [0.15, 0.2) is 0 Å². The number of alkyl carbamates (subject to hydrolysis) is 1. The van der Waals surface area contributed by atoms with Gasteiger partial charge in [-0.3, -0.25) is 0 Å². The van der Waals surface area contributed by atoms with Gasteiger partial charge >= 0.3 is 12.1 Å². The number of carbonyl (C=O) groups excluding carboxylic acids is 2. The van der Waals surface area contributed by atoms with Crippen LogP contribution in [0.4, 0.5) is 4.79 Å². The van der Waals surface area contributed by atoms with Crippen molar-refractivity contribution in [3.63, 3.8) is 0 Å². The van der Waals surface area contributed by atoms with E-state index in [1.165, 1.54) is 0 Å². The molecule has 1 amide bonds. The van der Waals surface area contributed by atoms with Crippen LogP contribution in [0.15, 0.2) is 12.2 Å². The van der Waals surface area contributed by atoms with Crippen molar-refractivity contribution < 1.29 is 19.1 Å². The van der Waals surface area contributed by atoms with E-state index in [1.807, 2.05) is 0 Å². The molecule has 0 heterocycles. The molecule has 0 aromatic rings. The van der Waals surface area contributed by atoms with Gasteiger partial charge in [-0.1, -0.05) is 19.4 Å². The van der Waals surface area contributed by atoms with E-state index in [-0.39, 0.29) is 13.2 Å². The summed E-state index contributed by atoms with van der Waals surface area (Å²) in [6, 6.07) is 0. The van der Waals surface area contributed by atoms with Gasteiger partial charge in [0, 0.05) is 5.57 Å². The van der Waals surface area contributed by atoms with Crippen LogP contribution in [0, 0.1) is 0 Å². The van der Waals surface area contributed by atoms with Crippen molar-refractivity contribution in [1.29, 1.82) is 0 Å². The Morgan fingerprint density at radius 2 is 1.79 bits per heavy atom. The molecule has 0 unspecified atom stereocenters. The van der Waals surface area contributed by atoms with Gasteiger partial charge in [-0.15, -0.1) is 0 Å². The minimum absolute atomic E-state index is 0.114. The Bertz CT molecular complexity index is 294. The second kappa shape index (κ2) is 11.9. The SMILES string of the molecule is C=C(C)C(=O)OCCNC(=O)OCCCCCCS. The maximum Gasteiger partial charge on any atom is 0.407 e. The van der Waals surface area contributed by atoms with E-state index in [4.69, 9.17) is 9.47 Å². The molecule has 0 aliphatic carbocycles. The number of unbranched alkanes of at least 4 members (excludes halogenated alkanes) is 3. The molecule has 0 aromatic carbocycles. The molecule has 5 nitrogen and oxygen atoms in total. The standard InChI is InChI=1S/C13H23NO4S/c1-11(2)12(15)17-9-7-14-13(16)18-8-5-3-4-6-10-19/h19H,1,3-10H2,2H3,(H,14,16). The number of hydrogen-bond acceptors (Lipinski definition) is 5. The largest absolute Gasteiger partial charge is 0.460 e. The van der Waals surface area contributed by atoms with Gasteiger partial charge in [0.2, 0.25) is 0 Å². The number of esters is 1. The second-order valence-corrected chi connectivity index (χ2v) is 4.56. The lowest BCUT2D eigenvalue weighted by molar-refractivity contribution is -0.138. The molecular formula is C13H23NO4S. The number of thiol groups is 1. The van der Waals surface area contributed by atoms with E-state index >= 15 is 0 Å². The second-order valence-electron chi connectivity index (χ2n) is 4.12. The Hall–Kier alpha value is -1.17.